The van der Waals surface area contributed by atoms with Crippen LogP contribution in [-0.4, -0.2) is 60.1 Å². The van der Waals surface area contributed by atoms with Crippen molar-refractivity contribution in [3.05, 3.63) is 16.1 Å². The molecule has 0 spiro atoms. The van der Waals surface area contributed by atoms with Crippen molar-refractivity contribution in [2.24, 2.45) is 0 Å². The Labute approximate surface area is 131 Å². The molecule has 1 saturated heterocycles. The van der Waals surface area contributed by atoms with Crippen molar-refractivity contribution >= 4 is 17.4 Å². The van der Waals surface area contributed by atoms with E-state index in [-0.39, 0.29) is 6.03 Å². The number of urea groups is 1. The number of carbonyl (C=O) groups excluding carboxylic acids is 1. The van der Waals surface area contributed by atoms with Gasteiger partial charge in [-0.3, -0.25) is 4.90 Å². The zero-order valence-corrected chi connectivity index (χ0v) is 14.1. The number of amides is 2. The molecule has 6 heteroatoms. The van der Waals surface area contributed by atoms with E-state index in [1.54, 1.807) is 16.2 Å². The van der Waals surface area contributed by atoms with Crippen LogP contribution in [0.5, 0.6) is 0 Å². The van der Waals surface area contributed by atoms with Crippen molar-refractivity contribution in [2.45, 2.75) is 39.2 Å². The molecule has 1 unspecified atom stereocenters. The predicted molar refractivity (Wildman–Crippen MR) is 86.9 cm³/mol. The quantitative estimate of drug-likeness (QED) is 0.875. The molecule has 1 aliphatic heterocycles. The third kappa shape index (κ3) is 4.68. The van der Waals surface area contributed by atoms with Gasteiger partial charge in [0.05, 0.1) is 11.2 Å². The van der Waals surface area contributed by atoms with Crippen molar-refractivity contribution in [2.75, 3.05) is 33.2 Å². The highest BCUT2D eigenvalue weighted by atomic mass is 32.1. The van der Waals surface area contributed by atoms with Crippen LogP contribution in [0.3, 0.4) is 0 Å². The minimum Gasteiger partial charge on any atom is -0.336 e. The van der Waals surface area contributed by atoms with Gasteiger partial charge in [0.25, 0.3) is 0 Å². The summed E-state index contributed by atoms with van der Waals surface area (Å²) in [6, 6.07) is 0.441. The molecule has 0 saturated carbocycles. The van der Waals surface area contributed by atoms with Gasteiger partial charge in [0.2, 0.25) is 0 Å². The number of likely N-dealkylation sites (N-methyl/N-ethyl adjacent to an activating group) is 1. The third-order valence-corrected chi connectivity index (χ3v) is 5.17. The van der Waals surface area contributed by atoms with Crippen LogP contribution in [0.15, 0.2) is 5.51 Å². The van der Waals surface area contributed by atoms with E-state index in [1.807, 2.05) is 19.5 Å². The number of rotatable bonds is 6. The molecule has 0 radical (unpaired) electrons. The van der Waals surface area contributed by atoms with Crippen molar-refractivity contribution < 1.29 is 4.79 Å². The zero-order chi connectivity index (χ0) is 15.2. The maximum absolute atomic E-state index is 12.1. The molecule has 1 aromatic heterocycles. The second-order valence-electron chi connectivity index (χ2n) is 5.81. The zero-order valence-electron chi connectivity index (χ0n) is 13.3. The fourth-order valence-corrected chi connectivity index (χ4v) is 3.39. The lowest BCUT2D eigenvalue weighted by molar-refractivity contribution is 0.200. The molecule has 0 aromatic carbocycles. The summed E-state index contributed by atoms with van der Waals surface area (Å²) in [5, 5.41) is 3.04. The molecule has 0 aliphatic carbocycles. The minimum absolute atomic E-state index is 0.0169. The Morgan fingerprint density at radius 1 is 1.52 bits per heavy atom. The van der Waals surface area contributed by atoms with Crippen LogP contribution in [0.1, 0.15) is 30.3 Å². The van der Waals surface area contributed by atoms with Gasteiger partial charge >= 0.3 is 6.03 Å². The molecular weight excluding hydrogens is 284 g/mol. The van der Waals surface area contributed by atoms with Gasteiger partial charge in [-0.25, -0.2) is 9.78 Å². The average Bonchev–Trinajstić information content (AvgIpc) is 3.13. The molecule has 1 aromatic rings. The summed E-state index contributed by atoms with van der Waals surface area (Å²) in [7, 11) is 1.85. The summed E-state index contributed by atoms with van der Waals surface area (Å²) < 4.78 is 0. The van der Waals surface area contributed by atoms with Crippen LogP contribution in [-0.2, 0) is 6.42 Å². The third-order valence-electron chi connectivity index (χ3n) is 4.18. The molecule has 118 valence electrons. The first-order valence-corrected chi connectivity index (χ1v) is 8.58. The first-order chi connectivity index (χ1) is 10.1. The Balaban J connectivity index is 1.68. The molecule has 1 aliphatic rings. The van der Waals surface area contributed by atoms with Gasteiger partial charge < -0.3 is 10.2 Å². The molecule has 1 fully saturated rings. The Morgan fingerprint density at radius 2 is 2.24 bits per heavy atom. The van der Waals surface area contributed by atoms with E-state index in [2.05, 4.69) is 22.1 Å². The van der Waals surface area contributed by atoms with Gasteiger partial charge in [-0.1, -0.05) is 0 Å². The smallest absolute Gasteiger partial charge is 0.317 e. The summed E-state index contributed by atoms with van der Waals surface area (Å²) in [5.74, 6) is 0. The monoisotopic (exact) mass is 310 g/mol. The highest BCUT2D eigenvalue weighted by Crippen LogP contribution is 2.13. The van der Waals surface area contributed by atoms with Crippen LogP contribution >= 0.6 is 11.3 Å². The second-order valence-corrected chi connectivity index (χ2v) is 6.75. The van der Waals surface area contributed by atoms with Crippen LogP contribution < -0.4 is 5.32 Å². The number of nitrogens with zero attached hydrogens (tertiary/aromatic N) is 3. The van der Waals surface area contributed by atoms with E-state index in [4.69, 9.17) is 0 Å². The lowest BCUT2D eigenvalue weighted by atomic mass is 10.3. The van der Waals surface area contributed by atoms with Crippen molar-refractivity contribution in [3.8, 4) is 0 Å². The number of hydrogen-bond acceptors (Lipinski definition) is 4. The van der Waals surface area contributed by atoms with Gasteiger partial charge in [0.1, 0.15) is 0 Å². The number of carbonyl (C=O) groups is 1. The lowest BCUT2D eigenvalue weighted by Crippen LogP contribution is -2.45. The maximum Gasteiger partial charge on any atom is 0.317 e. The lowest BCUT2D eigenvalue weighted by Gasteiger charge is -2.25. The minimum atomic E-state index is 0.0169. The fourth-order valence-electron chi connectivity index (χ4n) is 2.62. The number of hydrogen-bond donors (Lipinski definition) is 1. The SMILES string of the molecule is Cc1ncsc1CCN(C)C(=O)NCC(C)N1CCCC1. The second kappa shape index (κ2) is 7.75. The van der Waals surface area contributed by atoms with Crippen LogP contribution in [0.25, 0.3) is 0 Å². The number of aryl methyl sites for hydroxylation is 1. The molecule has 21 heavy (non-hydrogen) atoms. The molecular formula is C15H26N4OS. The summed E-state index contributed by atoms with van der Waals surface area (Å²) in [6.45, 7) is 7.99. The summed E-state index contributed by atoms with van der Waals surface area (Å²) in [4.78, 5) is 21.8. The highest BCUT2D eigenvalue weighted by Gasteiger charge is 2.19. The van der Waals surface area contributed by atoms with E-state index in [9.17, 15) is 4.79 Å². The van der Waals surface area contributed by atoms with E-state index in [0.717, 1.165) is 38.3 Å². The number of thiazole rings is 1. The summed E-state index contributed by atoms with van der Waals surface area (Å²) >= 11 is 1.66. The molecule has 2 amide bonds. The van der Waals surface area contributed by atoms with E-state index >= 15 is 0 Å². The largest absolute Gasteiger partial charge is 0.336 e. The molecule has 2 heterocycles. The van der Waals surface area contributed by atoms with Crippen molar-refractivity contribution in [3.63, 3.8) is 0 Å². The summed E-state index contributed by atoms with van der Waals surface area (Å²) in [6.07, 6.45) is 3.45. The Hall–Kier alpha value is -1.14. The first-order valence-electron chi connectivity index (χ1n) is 7.70. The Kier molecular flexibility index (Phi) is 5.99. The highest BCUT2D eigenvalue weighted by molar-refractivity contribution is 7.09. The van der Waals surface area contributed by atoms with E-state index in [0.29, 0.717) is 6.04 Å². The molecule has 5 nitrogen and oxygen atoms in total. The van der Waals surface area contributed by atoms with E-state index < -0.39 is 0 Å². The molecule has 0 bridgehead atoms. The van der Waals surface area contributed by atoms with E-state index in [1.165, 1.54) is 17.7 Å². The van der Waals surface area contributed by atoms with Crippen molar-refractivity contribution in [1.82, 2.24) is 20.1 Å². The van der Waals surface area contributed by atoms with Gasteiger partial charge in [-0.05, 0) is 39.8 Å². The average molecular weight is 310 g/mol. The van der Waals surface area contributed by atoms with Crippen LogP contribution in [0.4, 0.5) is 4.79 Å². The van der Waals surface area contributed by atoms with Gasteiger partial charge in [0.15, 0.2) is 0 Å². The topological polar surface area (TPSA) is 48.5 Å². The molecule has 1 N–H and O–H groups in total. The first kappa shape index (κ1) is 16.2. The number of likely N-dealkylation sites (tertiary alicyclic amines) is 1. The molecule has 1 atom stereocenters. The van der Waals surface area contributed by atoms with Crippen LogP contribution in [0, 0.1) is 6.92 Å². The summed E-state index contributed by atoms with van der Waals surface area (Å²) in [5.41, 5.74) is 2.94. The maximum atomic E-state index is 12.1. The fraction of sp³-hybridized carbons (Fsp3) is 0.733. The number of nitrogens with one attached hydrogen (secondary N) is 1. The van der Waals surface area contributed by atoms with Gasteiger partial charge in [0, 0.05) is 37.5 Å². The standard InChI is InChI=1S/C15H26N4OS/c1-12(19-7-4-5-8-19)10-16-15(20)18(3)9-6-14-13(2)17-11-21-14/h11-12H,4-10H2,1-3H3,(H,16,20). The normalized spacial score (nSPS) is 16.9. The van der Waals surface area contributed by atoms with Crippen LogP contribution in [0.2, 0.25) is 0 Å². The Bertz CT molecular complexity index is 456. The van der Waals surface area contributed by atoms with Gasteiger partial charge in [-0.2, -0.15) is 0 Å². The predicted octanol–water partition coefficient (Wildman–Crippen LogP) is 2.12. The number of aromatic nitrogens is 1. The van der Waals surface area contributed by atoms with Crippen molar-refractivity contribution in [1.29, 1.82) is 0 Å². The Morgan fingerprint density at radius 3 is 2.86 bits per heavy atom. The molecule has 2 rings (SSSR count). The van der Waals surface area contributed by atoms with Gasteiger partial charge in [-0.15, -0.1) is 11.3 Å².